The van der Waals surface area contributed by atoms with E-state index in [0.717, 1.165) is 22.5 Å². The van der Waals surface area contributed by atoms with E-state index in [-0.39, 0.29) is 11.6 Å². The maximum absolute atomic E-state index is 11.9. The largest absolute Gasteiger partial charge is 0.365 e. The molecule has 3 aromatic rings. The summed E-state index contributed by atoms with van der Waals surface area (Å²) in [6.07, 6.45) is 0. The van der Waals surface area contributed by atoms with Gasteiger partial charge in [0.25, 0.3) is 5.91 Å². The molecule has 0 saturated heterocycles. The molecule has 134 valence electrons. The molecule has 0 atom stereocenters. The maximum Gasteiger partial charge on any atom is 0.321 e. The molecular formula is C18H18N4O2S2. The summed E-state index contributed by atoms with van der Waals surface area (Å²) < 4.78 is 4.32. The molecule has 1 heterocycles. The Hall–Kier alpha value is -2.58. The summed E-state index contributed by atoms with van der Waals surface area (Å²) in [5.74, 6) is 0.0418. The van der Waals surface area contributed by atoms with Crippen molar-refractivity contribution < 1.29 is 9.59 Å². The molecule has 0 spiro atoms. The van der Waals surface area contributed by atoms with Gasteiger partial charge >= 0.3 is 6.03 Å². The van der Waals surface area contributed by atoms with Crippen molar-refractivity contribution in [2.45, 2.75) is 10.8 Å². The Morgan fingerprint density at radius 1 is 1.19 bits per heavy atom. The summed E-state index contributed by atoms with van der Waals surface area (Å²) in [5.41, 5.74) is 6.93. The highest BCUT2D eigenvalue weighted by Crippen LogP contribution is 2.34. The number of nitrogens with zero attached hydrogens (tertiary/aromatic N) is 2. The molecule has 0 fully saturated rings. The molecule has 0 aliphatic rings. The van der Waals surface area contributed by atoms with Crippen molar-refractivity contribution in [3.05, 3.63) is 53.6 Å². The number of fused-ring (bicyclic) bond motifs is 1. The quantitative estimate of drug-likeness (QED) is 0.653. The third-order valence-electron chi connectivity index (χ3n) is 3.78. The fourth-order valence-corrected chi connectivity index (χ4v) is 4.42. The summed E-state index contributed by atoms with van der Waals surface area (Å²) in [7, 11) is 3.24. The number of amides is 3. The van der Waals surface area contributed by atoms with Gasteiger partial charge in [-0.05, 0) is 27.9 Å². The van der Waals surface area contributed by atoms with Crippen molar-refractivity contribution in [3.63, 3.8) is 0 Å². The number of hydrogen-bond acceptors (Lipinski definition) is 5. The van der Waals surface area contributed by atoms with Crippen LogP contribution in [0.3, 0.4) is 0 Å². The number of carbonyl (C=O) groups excluding carboxylic acids is 2. The molecule has 0 saturated carbocycles. The van der Waals surface area contributed by atoms with Gasteiger partial charge in [0.05, 0.1) is 0 Å². The van der Waals surface area contributed by atoms with Crippen molar-refractivity contribution in [1.82, 2.24) is 9.27 Å². The number of primary amides is 1. The van der Waals surface area contributed by atoms with Gasteiger partial charge in [0.1, 0.15) is 15.6 Å². The number of aromatic nitrogens is 1. The Bertz CT molecular complexity index is 963. The minimum Gasteiger partial charge on any atom is -0.365 e. The number of benzene rings is 2. The molecule has 0 aliphatic carbocycles. The average Bonchev–Trinajstić information content (AvgIpc) is 3.02. The van der Waals surface area contributed by atoms with E-state index in [9.17, 15) is 9.59 Å². The van der Waals surface area contributed by atoms with Crippen LogP contribution in [0.25, 0.3) is 10.8 Å². The molecule has 3 N–H and O–H groups in total. The molecule has 0 bridgehead atoms. The standard InChI is InChI=1S/C18H18N4O2S2/c1-22(2)18(24)20-16-14(15(19)23)17(21-26-16)25-10-12-8-5-7-11-6-3-4-9-13(11)12/h3-9H,10H2,1-2H3,(H2,19,23)(H,20,24). The fraction of sp³-hybridized carbons (Fsp3) is 0.167. The van der Waals surface area contributed by atoms with Crippen LogP contribution in [-0.2, 0) is 5.75 Å². The minimum atomic E-state index is -0.603. The average molecular weight is 387 g/mol. The van der Waals surface area contributed by atoms with Gasteiger partial charge in [0, 0.05) is 19.8 Å². The number of nitrogens with two attached hydrogens (primary N) is 1. The van der Waals surface area contributed by atoms with Crippen LogP contribution in [0.1, 0.15) is 15.9 Å². The number of urea groups is 1. The molecule has 1 aromatic heterocycles. The third kappa shape index (κ3) is 3.81. The van der Waals surface area contributed by atoms with Crippen LogP contribution in [0.15, 0.2) is 47.5 Å². The van der Waals surface area contributed by atoms with E-state index < -0.39 is 5.91 Å². The van der Waals surface area contributed by atoms with Crippen LogP contribution in [0, 0.1) is 0 Å². The molecule has 0 unspecified atom stereocenters. The van der Waals surface area contributed by atoms with Crippen LogP contribution < -0.4 is 11.1 Å². The van der Waals surface area contributed by atoms with Gasteiger partial charge in [0.2, 0.25) is 0 Å². The van der Waals surface area contributed by atoms with Gasteiger partial charge in [-0.15, -0.1) is 0 Å². The number of carbonyl (C=O) groups is 2. The van der Waals surface area contributed by atoms with Crippen molar-refractivity contribution in [2.75, 3.05) is 19.4 Å². The Morgan fingerprint density at radius 3 is 2.65 bits per heavy atom. The van der Waals surface area contributed by atoms with E-state index in [1.165, 1.54) is 22.0 Å². The van der Waals surface area contributed by atoms with Crippen molar-refractivity contribution in [3.8, 4) is 0 Å². The SMILES string of the molecule is CN(C)C(=O)Nc1snc(SCc2cccc3ccccc23)c1C(N)=O. The first-order valence-corrected chi connectivity index (χ1v) is 9.60. The van der Waals surface area contributed by atoms with Crippen LogP contribution in [0.4, 0.5) is 9.80 Å². The Kier molecular flexibility index (Phi) is 5.43. The van der Waals surface area contributed by atoms with Crippen LogP contribution in [0.5, 0.6) is 0 Å². The van der Waals surface area contributed by atoms with E-state index >= 15 is 0 Å². The first kappa shape index (κ1) is 18.2. The third-order valence-corrected chi connectivity index (χ3v) is 5.68. The molecule has 0 aliphatic heterocycles. The molecule has 26 heavy (non-hydrogen) atoms. The summed E-state index contributed by atoms with van der Waals surface area (Å²) in [4.78, 5) is 25.1. The molecular weight excluding hydrogens is 368 g/mol. The highest BCUT2D eigenvalue weighted by atomic mass is 32.2. The molecule has 3 amide bonds. The lowest BCUT2D eigenvalue weighted by Crippen LogP contribution is -2.28. The van der Waals surface area contributed by atoms with Crippen LogP contribution in [-0.4, -0.2) is 35.3 Å². The smallest absolute Gasteiger partial charge is 0.321 e. The van der Waals surface area contributed by atoms with Crippen molar-refractivity contribution in [1.29, 1.82) is 0 Å². The summed E-state index contributed by atoms with van der Waals surface area (Å²) in [6.45, 7) is 0. The molecule has 8 heteroatoms. The van der Waals surface area contributed by atoms with Crippen LogP contribution in [0.2, 0.25) is 0 Å². The zero-order chi connectivity index (χ0) is 18.7. The topological polar surface area (TPSA) is 88.3 Å². The number of nitrogens with one attached hydrogen (secondary N) is 1. The van der Waals surface area contributed by atoms with E-state index in [1.54, 1.807) is 14.1 Å². The van der Waals surface area contributed by atoms with E-state index in [1.807, 2.05) is 18.2 Å². The van der Waals surface area contributed by atoms with Gasteiger partial charge in [-0.25, -0.2) is 4.79 Å². The molecule has 6 nitrogen and oxygen atoms in total. The highest BCUT2D eigenvalue weighted by molar-refractivity contribution is 7.98. The monoisotopic (exact) mass is 386 g/mol. The van der Waals surface area contributed by atoms with Gasteiger partial charge in [-0.1, -0.05) is 54.2 Å². The maximum atomic E-state index is 11.9. The zero-order valence-corrected chi connectivity index (χ0v) is 16.0. The zero-order valence-electron chi connectivity index (χ0n) is 14.4. The normalized spacial score (nSPS) is 10.7. The lowest BCUT2D eigenvalue weighted by atomic mass is 10.1. The summed E-state index contributed by atoms with van der Waals surface area (Å²) >= 11 is 2.49. The number of hydrogen-bond donors (Lipinski definition) is 2. The Labute approximate surface area is 159 Å². The van der Waals surface area contributed by atoms with Gasteiger partial charge in [-0.3, -0.25) is 10.1 Å². The van der Waals surface area contributed by atoms with Gasteiger partial charge in [-0.2, -0.15) is 4.37 Å². The fourth-order valence-electron chi connectivity index (χ4n) is 2.45. The van der Waals surface area contributed by atoms with Gasteiger partial charge < -0.3 is 10.6 Å². The highest BCUT2D eigenvalue weighted by Gasteiger charge is 2.21. The summed E-state index contributed by atoms with van der Waals surface area (Å²) in [5, 5.41) is 5.90. The first-order chi connectivity index (χ1) is 12.5. The van der Waals surface area contributed by atoms with Crippen molar-refractivity contribution >= 4 is 51.0 Å². The molecule has 0 radical (unpaired) electrons. The second-order valence-corrected chi connectivity index (χ2v) is 7.55. The summed E-state index contributed by atoms with van der Waals surface area (Å²) in [6, 6.07) is 13.9. The minimum absolute atomic E-state index is 0.260. The van der Waals surface area contributed by atoms with Gasteiger partial charge in [0.15, 0.2) is 0 Å². The Morgan fingerprint density at radius 2 is 1.92 bits per heavy atom. The second-order valence-electron chi connectivity index (χ2n) is 5.81. The predicted molar refractivity (Wildman–Crippen MR) is 107 cm³/mol. The van der Waals surface area contributed by atoms with E-state index in [0.29, 0.717) is 15.8 Å². The van der Waals surface area contributed by atoms with E-state index in [4.69, 9.17) is 5.73 Å². The Balaban J connectivity index is 1.84. The van der Waals surface area contributed by atoms with Crippen LogP contribution >= 0.6 is 23.3 Å². The number of thioether (sulfide) groups is 1. The molecule has 3 rings (SSSR count). The number of rotatable bonds is 5. The lowest BCUT2D eigenvalue weighted by Gasteiger charge is -2.11. The van der Waals surface area contributed by atoms with E-state index in [2.05, 4.69) is 34.0 Å². The predicted octanol–water partition coefficient (Wildman–Crippen LogP) is 3.78. The van der Waals surface area contributed by atoms with Crippen molar-refractivity contribution in [2.24, 2.45) is 5.73 Å². The first-order valence-electron chi connectivity index (χ1n) is 7.84. The lowest BCUT2D eigenvalue weighted by molar-refractivity contribution is 0.0998. The molecule has 2 aromatic carbocycles. The number of anilines is 1. The second kappa shape index (κ2) is 7.76.